The van der Waals surface area contributed by atoms with Gasteiger partial charge in [-0.1, -0.05) is 13.8 Å². The Morgan fingerprint density at radius 2 is 2.06 bits per heavy atom. The van der Waals surface area contributed by atoms with Gasteiger partial charge in [-0.2, -0.15) is 0 Å². The lowest BCUT2D eigenvalue weighted by Gasteiger charge is -2.58. The van der Waals surface area contributed by atoms with Gasteiger partial charge in [0.1, 0.15) is 5.60 Å². The van der Waals surface area contributed by atoms with Crippen LogP contribution in [0, 0.1) is 17.3 Å². The van der Waals surface area contributed by atoms with Crippen molar-refractivity contribution in [3.63, 3.8) is 0 Å². The average Bonchev–Trinajstić information content (AvgIpc) is 3.03. The third kappa shape index (κ3) is 1.33. The molecule has 17 heavy (non-hydrogen) atoms. The third-order valence-corrected chi connectivity index (χ3v) is 5.84. The molecule has 0 aromatic heterocycles. The second kappa shape index (κ2) is 3.25. The molecule has 2 bridgehead atoms. The van der Waals surface area contributed by atoms with Gasteiger partial charge < -0.3 is 14.2 Å². The minimum absolute atomic E-state index is 0.156. The van der Waals surface area contributed by atoms with Crippen molar-refractivity contribution in [2.45, 2.75) is 50.9 Å². The largest absolute Gasteiger partial charge is 0.376 e. The Morgan fingerprint density at radius 3 is 2.76 bits per heavy atom. The van der Waals surface area contributed by atoms with Crippen molar-refractivity contribution in [1.82, 2.24) is 0 Å². The van der Waals surface area contributed by atoms with E-state index in [1.165, 1.54) is 12.8 Å². The smallest absolute Gasteiger partial charge is 0.101 e. The van der Waals surface area contributed by atoms with Gasteiger partial charge in [-0.05, 0) is 30.1 Å². The predicted octanol–water partition coefficient (Wildman–Crippen LogP) is 2.00. The van der Waals surface area contributed by atoms with Crippen LogP contribution in [0.1, 0.15) is 33.1 Å². The highest BCUT2D eigenvalue weighted by Crippen LogP contribution is 2.71. The molecule has 2 heterocycles. The zero-order chi connectivity index (χ0) is 11.7. The molecule has 2 aliphatic heterocycles. The first-order valence-electron chi connectivity index (χ1n) is 7.00. The van der Waals surface area contributed by atoms with Crippen LogP contribution in [0.4, 0.5) is 0 Å². The first-order valence-corrected chi connectivity index (χ1v) is 7.00. The van der Waals surface area contributed by atoms with Gasteiger partial charge in [-0.15, -0.1) is 0 Å². The van der Waals surface area contributed by atoms with Crippen LogP contribution in [-0.2, 0) is 14.2 Å². The Hall–Kier alpha value is -0.120. The molecule has 3 heteroatoms. The lowest BCUT2D eigenvalue weighted by atomic mass is 9.45. The summed E-state index contributed by atoms with van der Waals surface area (Å²) in [6.07, 6.45) is 4.50. The molecule has 3 saturated carbocycles. The standard InChI is InChI=1S/C14H22O3/c1-13(2)9-5-11(13)14(12(6-9)17-14)7-10-8-15-3-4-16-10/h9-12H,3-8H2,1-2H3/t9-,10+,11-,12+,14-/m1/s1. The molecule has 96 valence electrons. The fourth-order valence-electron chi connectivity index (χ4n) is 4.62. The van der Waals surface area contributed by atoms with E-state index in [1.807, 2.05) is 0 Å². The van der Waals surface area contributed by atoms with Gasteiger partial charge in [0.2, 0.25) is 0 Å². The van der Waals surface area contributed by atoms with Gasteiger partial charge in [0.05, 0.1) is 32.0 Å². The fraction of sp³-hybridized carbons (Fsp3) is 1.00. The second-order valence-electron chi connectivity index (χ2n) is 6.88. The van der Waals surface area contributed by atoms with E-state index in [0.29, 0.717) is 11.5 Å². The van der Waals surface area contributed by atoms with Gasteiger partial charge in [0, 0.05) is 6.42 Å². The maximum atomic E-state index is 6.12. The molecular formula is C14H22O3. The molecule has 5 atom stereocenters. The molecule has 3 nitrogen and oxygen atoms in total. The van der Waals surface area contributed by atoms with Crippen LogP contribution >= 0.6 is 0 Å². The Morgan fingerprint density at radius 1 is 1.18 bits per heavy atom. The Bertz CT molecular complexity index is 334. The minimum atomic E-state index is 0.156. The zero-order valence-electron chi connectivity index (χ0n) is 10.8. The highest BCUT2D eigenvalue weighted by molar-refractivity contribution is 5.22. The number of rotatable bonds is 2. The van der Waals surface area contributed by atoms with E-state index in [2.05, 4.69) is 13.8 Å². The Kier molecular flexibility index (Phi) is 2.06. The molecule has 0 radical (unpaired) electrons. The van der Waals surface area contributed by atoms with E-state index in [1.54, 1.807) is 0 Å². The summed E-state index contributed by atoms with van der Waals surface area (Å²) in [6.45, 7) is 7.11. The number of ether oxygens (including phenoxy) is 3. The van der Waals surface area contributed by atoms with Crippen molar-refractivity contribution in [3.8, 4) is 0 Å². The molecule has 2 saturated heterocycles. The van der Waals surface area contributed by atoms with Crippen molar-refractivity contribution < 1.29 is 14.2 Å². The SMILES string of the molecule is CC1(C)[C@H]2C[C@@H]3O[C@]3(C[C@H]3COCCO3)[C@@H]1C2. The lowest BCUT2D eigenvalue weighted by Crippen LogP contribution is -2.58. The van der Waals surface area contributed by atoms with E-state index in [-0.39, 0.29) is 11.7 Å². The minimum Gasteiger partial charge on any atom is -0.376 e. The average molecular weight is 238 g/mol. The fourth-order valence-corrected chi connectivity index (χ4v) is 4.62. The summed E-state index contributed by atoms with van der Waals surface area (Å²) >= 11 is 0. The summed E-state index contributed by atoms with van der Waals surface area (Å²) in [5.74, 6) is 1.65. The van der Waals surface area contributed by atoms with Crippen LogP contribution in [-0.4, -0.2) is 37.6 Å². The molecule has 0 N–H and O–H groups in total. The quantitative estimate of drug-likeness (QED) is 0.689. The van der Waals surface area contributed by atoms with Gasteiger partial charge in [0.25, 0.3) is 0 Å². The third-order valence-electron chi connectivity index (χ3n) is 5.84. The molecule has 5 aliphatic rings. The van der Waals surface area contributed by atoms with Gasteiger partial charge in [0.15, 0.2) is 0 Å². The van der Waals surface area contributed by atoms with Crippen LogP contribution in [0.5, 0.6) is 0 Å². The van der Waals surface area contributed by atoms with Crippen molar-refractivity contribution >= 4 is 0 Å². The molecule has 5 rings (SSSR count). The maximum absolute atomic E-state index is 6.12. The van der Waals surface area contributed by atoms with Crippen molar-refractivity contribution in [2.75, 3.05) is 19.8 Å². The van der Waals surface area contributed by atoms with E-state index in [9.17, 15) is 0 Å². The van der Waals surface area contributed by atoms with E-state index >= 15 is 0 Å². The normalized spacial score (nSPS) is 54.7. The summed E-state index contributed by atoms with van der Waals surface area (Å²) in [5.41, 5.74) is 0.645. The molecule has 0 spiro atoms. The van der Waals surface area contributed by atoms with Crippen LogP contribution < -0.4 is 0 Å². The Labute approximate surface area is 103 Å². The van der Waals surface area contributed by atoms with Crippen molar-refractivity contribution in [1.29, 1.82) is 0 Å². The van der Waals surface area contributed by atoms with E-state index in [4.69, 9.17) is 14.2 Å². The Balaban J connectivity index is 1.50. The van der Waals surface area contributed by atoms with Gasteiger partial charge in [-0.25, -0.2) is 0 Å². The molecule has 0 unspecified atom stereocenters. The lowest BCUT2D eigenvalue weighted by molar-refractivity contribution is -0.130. The summed E-state index contributed by atoms with van der Waals surface area (Å²) in [7, 11) is 0. The monoisotopic (exact) mass is 238 g/mol. The van der Waals surface area contributed by atoms with Crippen LogP contribution in [0.15, 0.2) is 0 Å². The molecule has 5 fully saturated rings. The topological polar surface area (TPSA) is 31.0 Å². The van der Waals surface area contributed by atoms with E-state index in [0.717, 1.165) is 38.1 Å². The van der Waals surface area contributed by atoms with Gasteiger partial charge >= 0.3 is 0 Å². The molecule has 0 amide bonds. The van der Waals surface area contributed by atoms with Crippen LogP contribution in [0.25, 0.3) is 0 Å². The van der Waals surface area contributed by atoms with E-state index < -0.39 is 0 Å². The molecular weight excluding hydrogens is 216 g/mol. The maximum Gasteiger partial charge on any atom is 0.101 e. The predicted molar refractivity (Wildman–Crippen MR) is 62.8 cm³/mol. The highest BCUT2D eigenvalue weighted by Gasteiger charge is 2.74. The van der Waals surface area contributed by atoms with Crippen molar-refractivity contribution in [3.05, 3.63) is 0 Å². The first kappa shape index (κ1) is 10.8. The van der Waals surface area contributed by atoms with Crippen LogP contribution in [0.2, 0.25) is 0 Å². The summed E-state index contributed by atoms with van der Waals surface area (Å²) < 4.78 is 17.4. The molecule has 3 aliphatic carbocycles. The van der Waals surface area contributed by atoms with Gasteiger partial charge in [-0.3, -0.25) is 0 Å². The number of hydrogen-bond acceptors (Lipinski definition) is 3. The second-order valence-corrected chi connectivity index (χ2v) is 6.88. The number of hydrogen-bond donors (Lipinski definition) is 0. The first-order chi connectivity index (χ1) is 8.13. The highest BCUT2D eigenvalue weighted by atomic mass is 16.6. The molecule has 0 aromatic carbocycles. The van der Waals surface area contributed by atoms with Crippen molar-refractivity contribution in [2.24, 2.45) is 17.3 Å². The summed E-state index contributed by atoms with van der Waals surface area (Å²) in [5, 5.41) is 0. The molecule has 0 aromatic rings. The zero-order valence-corrected chi connectivity index (χ0v) is 10.8. The van der Waals surface area contributed by atoms with Crippen LogP contribution in [0.3, 0.4) is 0 Å². The number of epoxide rings is 1. The summed E-state index contributed by atoms with van der Waals surface area (Å²) in [4.78, 5) is 0. The summed E-state index contributed by atoms with van der Waals surface area (Å²) in [6, 6.07) is 0.